The summed E-state index contributed by atoms with van der Waals surface area (Å²) in [6.45, 7) is 4.25. The third kappa shape index (κ3) is 1.56. The Morgan fingerprint density at radius 3 is 2.93 bits per heavy atom. The minimum atomic E-state index is 0.186. The van der Waals surface area contributed by atoms with Gasteiger partial charge in [-0.05, 0) is 35.7 Å². The molecule has 0 aliphatic carbocycles. The Labute approximate surface area is 88.6 Å². The molecule has 2 rings (SSSR count). The van der Waals surface area contributed by atoms with E-state index in [2.05, 4.69) is 37.4 Å². The van der Waals surface area contributed by atoms with Gasteiger partial charge in [0.2, 0.25) is 0 Å². The topological polar surface area (TPSA) is 26.0 Å². The largest absolute Gasteiger partial charge is 0.324 e. The Balaban J connectivity index is 2.61. The van der Waals surface area contributed by atoms with E-state index in [4.69, 9.17) is 5.73 Å². The second-order valence-electron chi connectivity index (χ2n) is 3.71. The second-order valence-corrected chi connectivity index (χ2v) is 4.62. The van der Waals surface area contributed by atoms with E-state index in [0.29, 0.717) is 0 Å². The second kappa shape index (κ2) is 3.71. The lowest BCUT2D eigenvalue weighted by Gasteiger charge is -2.07. The minimum Gasteiger partial charge on any atom is -0.324 e. The first-order chi connectivity index (χ1) is 6.72. The fourth-order valence-electron chi connectivity index (χ4n) is 1.67. The van der Waals surface area contributed by atoms with Crippen LogP contribution in [0.15, 0.2) is 23.6 Å². The smallest absolute Gasteiger partial charge is 0.0346 e. The highest BCUT2D eigenvalue weighted by Gasteiger charge is 2.09. The van der Waals surface area contributed by atoms with Gasteiger partial charge in [0, 0.05) is 10.7 Å². The Hall–Kier alpha value is -0.860. The summed E-state index contributed by atoms with van der Waals surface area (Å²) >= 11 is 1.79. The first kappa shape index (κ1) is 9.69. The highest BCUT2D eigenvalue weighted by molar-refractivity contribution is 7.17. The summed E-state index contributed by atoms with van der Waals surface area (Å²) < 4.78 is 1.34. The third-order valence-corrected chi connectivity index (χ3v) is 3.58. The summed E-state index contributed by atoms with van der Waals surface area (Å²) in [5.74, 6) is 0. The predicted molar refractivity (Wildman–Crippen MR) is 63.8 cm³/mol. The summed E-state index contributed by atoms with van der Waals surface area (Å²) in [4.78, 5) is 0. The van der Waals surface area contributed by atoms with Crippen molar-refractivity contribution in [2.75, 3.05) is 0 Å². The van der Waals surface area contributed by atoms with Crippen LogP contribution in [0.25, 0.3) is 10.1 Å². The predicted octanol–water partition coefficient (Wildman–Crippen LogP) is 3.62. The molecular formula is C12H15NS. The van der Waals surface area contributed by atoms with Crippen LogP contribution >= 0.6 is 11.3 Å². The van der Waals surface area contributed by atoms with Crippen LogP contribution in [0.2, 0.25) is 0 Å². The summed E-state index contributed by atoms with van der Waals surface area (Å²) in [5.41, 5.74) is 8.67. The van der Waals surface area contributed by atoms with Crippen molar-refractivity contribution in [2.45, 2.75) is 26.3 Å². The van der Waals surface area contributed by atoms with Crippen molar-refractivity contribution in [2.24, 2.45) is 5.73 Å². The van der Waals surface area contributed by atoms with E-state index in [0.717, 1.165) is 6.42 Å². The van der Waals surface area contributed by atoms with Gasteiger partial charge in [-0.15, -0.1) is 11.3 Å². The normalized spacial score (nSPS) is 13.4. The van der Waals surface area contributed by atoms with Gasteiger partial charge in [0.1, 0.15) is 0 Å². The van der Waals surface area contributed by atoms with Gasteiger partial charge in [0.25, 0.3) is 0 Å². The first-order valence-corrected chi connectivity index (χ1v) is 5.83. The molecule has 0 aliphatic rings. The molecule has 1 atom stereocenters. The molecule has 0 saturated heterocycles. The van der Waals surface area contributed by atoms with Crippen molar-refractivity contribution in [3.05, 3.63) is 34.7 Å². The summed E-state index contributed by atoms with van der Waals surface area (Å²) in [5, 5.41) is 3.53. The average molecular weight is 205 g/mol. The van der Waals surface area contributed by atoms with Crippen molar-refractivity contribution in [1.29, 1.82) is 0 Å². The van der Waals surface area contributed by atoms with E-state index in [-0.39, 0.29) is 6.04 Å². The first-order valence-electron chi connectivity index (χ1n) is 4.95. The van der Waals surface area contributed by atoms with Gasteiger partial charge in [-0.25, -0.2) is 0 Å². The van der Waals surface area contributed by atoms with E-state index in [9.17, 15) is 0 Å². The average Bonchev–Trinajstić information content (AvgIpc) is 2.59. The molecule has 14 heavy (non-hydrogen) atoms. The van der Waals surface area contributed by atoms with Gasteiger partial charge in [-0.1, -0.05) is 24.6 Å². The number of hydrogen-bond acceptors (Lipinski definition) is 2. The molecule has 2 heteroatoms. The molecule has 0 aliphatic heterocycles. The standard InChI is InChI=1S/C12H15NS/c1-3-11(13)10-7-14-12-5-4-8(2)6-9(10)12/h4-7,11H,3,13H2,1-2H3. The molecule has 1 unspecified atom stereocenters. The number of nitrogens with two attached hydrogens (primary N) is 1. The van der Waals surface area contributed by atoms with Crippen LogP contribution in [0.3, 0.4) is 0 Å². The lowest BCUT2D eigenvalue weighted by molar-refractivity contribution is 0.706. The number of benzene rings is 1. The lowest BCUT2D eigenvalue weighted by Crippen LogP contribution is -2.07. The van der Waals surface area contributed by atoms with E-state index in [1.807, 2.05) is 0 Å². The molecule has 0 saturated carbocycles. The van der Waals surface area contributed by atoms with Crippen LogP contribution in [0.5, 0.6) is 0 Å². The third-order valence-electron chi connectivity index (χ3n) is 2.60. The van der Waals surface area contributed by atoms with Gasteiger partial charge in [0.15, 0.2) is 0 Å². The van der Waals surface area contributed by atoms with Crippen molar-refractivity contribution >= 4 is 21.4 Å². The van der Waals surface area contributed by atoms with Gasteiger partial charge in [-0.3, -0.25) is 0 Å². The summed E-state index contributed by atoms with van der Waals surface area (Å²) in [7, 11) is 0. The molecule has 1 heterocycles. The molecule has 0 amide bonds. The SMILES string of the molecule is CCC(N)c1csc2ccc(C)cc12. The number of fused-ring (bicyclic) bond motifs is 1. The summed E-state index contributed by atoms with van der Waals surface area (Å²) in [6.07, 6.45) is 1.000. The van der Waals surface area contributed by atoms with Crippen molar-refractivity contribution < 1.29 is 0 Å². The summed E-state index contributed by atoms with van der Waals surface area (Å²) in [6, 6.07) is 6.75. The van der Waals surface area contributed by atoms with Crippen molar-refractivity contribution in [3.63, 3.8) is 0 Å². The Morgan fingerprint density at radius 2 is 2.21 bits per heavy atom. The van der Waals surface area contributed by atoms with E-state index in [1.165, 1.54) is 21.2 Å². The van der Waals surface area contributed by atoms with Gasteiger partial charge in [-0.2, -0.15) is 0 Å². The maximum Gasteiger partial charge on any atom is 0.0346 e. The molecule has 2 aromatic rings. The number of rotatable bonds is 2. The van der Waals surface area contributed by atoms with Crippen molar-refractivity contribution in [1.82, 2.24) is 0 Å². The van der Waals surface area contributed by atoms with Gasteiger partial charge >= 0.3 is 0 Å². The highest BCUT2D eigenvalue weighted by atomic mass is 32.1. The molecule has 0 bridgehead atoms. The van der Waals surface area contributed by atoms with E-state index < -0.39 is 0 Å². The van der Waals surface area contributed by atoms with E-state index >= 15 is 0 Å². The molecule has 0 radical (unpaired) electrons. The van der Waals surface area contributed by atoms with Gasteiger partial charge in [0.05, 0.1) is 0 Å². The van der Waals surface area contributed by atoms with Crippen LogP contribution in [-0.4, -0.2) is 0 Å². The Kier molecular flexibility index (Phi) is 2.57. The number of aryl methyl sites for hydroxylation is 1. The van der Waals surface area contributed by atoms with Crippen LogP contribution in [0, 0.1) is 6.92 Å². The monoisotopic (exact) mass is 205 g/mol. The number of thiophene rings is 1. The zero-order valence-electron chi connectivity index (χ0n) is 8.58. The zero-order valence-corrected chi connectivity index (χ0v) is 9.40. The van der Waals surface area contributed by atoms with Crippen molar-refractivity contribution in [3.8, 4) is 0 Å². The molecule has 2 N–H and O–H groups in total. The minimum absolute atomic E-state index is 0.186. The lowest BCUT2D eigenvalue weighted by atomic mass is 10.0. The van der Waals surface area contributed by atoms with Crippen LogP contribution in [0.4, 0.5) is 0 Å². The molecule has 74 valence electrons. The van der Waals surface area contributed by atoms with Crippen LogP contribution in [-0.2, 0) is 0 Å². The molecule has 1 aromatic carbocycles. The molecule has 0 fully saturated rings. The molecular weight excluding hydrogens is 190 g/mol. The fourth-order valence-corrected chi connectivity index (χ4v) is 2.68. The molecule has 1 aromatic heterocycles. The van der Waals surface area contributed by atoms with Crippen LogP contribution in [0.1, 0.15) is 30.5 Å². The quantitative estimate of drug-likeness (QED) is 0.796. The fraction of sp³-hybridized carbons (Fsp3) is 0.333. The maximum atomic E-state index is 6.06. The van der Waals surface area contributed by atoms with Gasteiger partial charge < -0.3 is 5.73 Å². The highest BCUT2D eigenvalue weighted by Crippen LogP contribution is 2.31. The van der Waals surface area contributed by atoms with E-state index in [1.54, 1.807) is 11.3 Å². The zero-order chi connectivity index (χ0) is 10.1. The molecule has 0 spiro atoms. The molecule has 1 nitrogen and oxygen atoms in total. The Morgan fingerprint density at radius 1 is 1.43 bits per heavy atom. The Bertz CT molecular complexity index is 445. The van der Waals surface area contributed by atoms with Crippen LogP contribution < -0.4 is 5.73 Å². The maximum absolute atomic E-state index is 6.06. The number of hydrogen-bond donors (Lipinski definition) is 1.